The topological polar surface area (TPSA) is 37.3 Å². The Kier molecular flexibility index (Phi) is 2.47. The standard InChI is InChI=1S/C9H12O2/c1-7(9(10)11)8-5-3-2-4-6-8/h3,5,8H,1-2,4,6H2,(H,10,11). The van der Waals surface area contributed by atoms with Crippen LogP contribution in [0.15, 0.2) is 24.3 Å². The van der Waals surface area contributed by atoms with Crippen LogP contribution in [0.25, 0.3) is 0 Å². The molecule has 0 aromatic rings. The van der Waals surface area contributed by atoms with Gasteiger partial charge in [-0.2, -0.15) is 0 Å². The van der Waals surface area contributed by atoms with Gasteiger partial charge in [0.15, 0.2) is 0 Å². The molecule has 1 N–H and O–H groups in total. The van der Waals surface area contributed by atoms with Gasteiger partial charge in [0.2, 0.25) is 0 Å². The van der Waals surface area contributed by atoms with E-state index in [1.807, 2.05) is 12.2 Å². The highest BCUT2D eigenvalue weighted by atomic mass is 16.4. The zero-order valence-electron chi connectivity index (χ0n) is 6.42. The smallest absolute Gasteiger partial charge is 0.331 e. The van der Waals surface area contributed by atoms with Crippen molar-refractivity contribution in [3.8, 4) is 0 Å². The lowest BCUT2D eigenvalue weighted by Crippen LogP contribution is -2.11. The molecule has 1 unspecified atom stereocenters. The van der Waals surface area contributed by atoms with Crippen LogP contribution in [0.2, 0.25) is 0 Å². The Morgan fingerprint density at radius 3 is 2.82 bits per heavy atom. The fraction of sp³-hybridized carbons (Fsp3) is 0.444. The highest BCUT2D eigenvalue weighted by Crippen LogP contribution is 2.22. The average molecular weight is 152 g/mol. The molecular formula is C9H12O2. The van der Waals surface area contributed by atoms with Gasteiger partial charge in [0, 0.05) is 11.5 Å². The molecule has 1 atom stereocenters. The molecule has 0 radical (unpaired) electrons. The normalized spacial score (nSPS) is 23.1. The molecule has 2 heteroatoms. The van der Waals surface area contributed by atoms with E-state index in [1.165, 1.54) is 0 Å². The van der Waals surface area contributed by atoms with Gasteiger partial charge in [-0.1, -0.05) is 18.7 Å². The number of hydrogen-bond donors (Lipinski definition) is 1. The lowest BCUT2D eigenvalue weighted by molar-refractivity contribution is -0.133. The van der Waals surface area contributed by atoms with Crippen molar-refractivity contribution in [3.63, 3.8) is 0 Å². The molecule has 11 heavy (non-hydrogen) atoms. The van der Waals surface area contributed by atoms with Gasteiger partial charge in [0.05, 0.1) is 0 Å². The molecule has 0 amide bonds. The highest BCUT2D eigenvalue weighted by molar-refractivity contribution is 5.86. The molecule has 1 aliphatic rings. The lowest BCUT2D eigenvalue weighted by Gasteiger charge is -2.15. The van der Waals surface area contributed by atoms with Gasteiger partial charge in [0.25, 0.3) is 0 Å². The summed E-state index contributed by atoms with van der Waals surface area (Å²) >= 11 is 0. The predicted molar refractivity (Wildman–Crippen MR) is 43.3 cm³/mol. The Morgan fingerprint density at radius 2 is 2.36 bits per heavy atom. The van der Waals surface area contributed by atoms with Gasteiger partial charge in [-0.25, -0.2) is 4.79 Å². The summed E-state index contributed by atoms with van der Waals surface area (Å²) < 4.78 is 0. The van der Waals surface area contributed by atoms with E-state index in [0.717, 1.165) is 19.3 Å². The number of carbonyl (C=O) groups is 1. The second kappa shape index (κ2) is 3.37. The molecular weight excluding hydrogens is 140 g/mol. The molecule has 0 fully saturated rings. The van der Waals surface area contributed by atoms with E-state index in [4.69, 9.17) is 5.11 Å². The highest BCUT2D eigenvalue weighted by Gasteiger charge is 2.16. The van der Waals surface area contributed by atoms with Crippen molar-refractivity contribution in [2.24, 2.45) is 5.92 Å². The van der Waals surface area contributed by atoms with Gasteiger partial charge in [-0.05, 0) is 19.3 Å². The largest absolute Gasteiger partial charge is 0.478 e. The van der Waals surface area contributed by atoms with Crippen LogP contribution in [0.3, 0.4) is 0 Å². The van der Waals surface area contributed by atoms with Crippen molar-refractivity contribution in [3.05, 3.63) is 24.3 Å². The third-order valence-corrected chi connectivity index (χ3v) is 1.98. The fourth-order valence-electron chi connectivity index (χ4n) is 1.26. The molecule has 60 valence electrons. The van der Waals surface area contributed by atoms with Crippen LogP contribution in [0.4, 0.5) is 0 Å². The maximum Gasteiger partial charge on any atom is 0.331 e. The number of allylic oxidation sites excluding steroid dienone is 2. The number of carboxylic acid groups (broad SMARTS) is 1. The third kappa shape index (κ3) is 1.93. The minimum atomic E-state index is -0.874. The summed E-state index contributed by atoms with van der Waals surface area (Å²) in [7, 11) is 0. The van der Waals surface area contributed by atoms with Crippen LogP contribution in [-0.4, -0.2) is 11.1 Å². The van der Waals surface area contributed by atoms with E-state index in [1.54, 1.807) is 0 Å². The number of carboxylic acids is 1. The monoisotopic (exact) mass is 152 g/mol. The molecule has 0 saturated heterocycles. The van der Waals surface area contributed by atoms with Gasteiger partial charge >= 0.3 is 5.97 Å². The Balaban J connectivity index is 2.59. The summed E-state index contributed by atoms with van der Waals surface area (Å²) in [6.45, 7) is 3.53. The molecule has 0 saturated carbocycles. The van der Waals surface area contributed by atoms with Crippen LogP contribution in [-0.2, 0) is 4.79 Å². The molecule has 0 aromatic heterocycles. The fourth-order valence-corrected chi connectivity index (χ4v) is 1.26. The van der Waals surface area contributed by atoms with Gasteiger partial charge in [-0.15, -0.1) is 0 Å². The molecule has 0 spiro atoms. The SMILES string of the molecule is C=C(C(=O)O)C1C=CCCC1. The number of hydrogen-bond acceptors (Lipinski definition) is 1. The van der Waals surface area contributed by atoms with E-state index >= 15 is 0 Å². The van der Waals surface area contributed by atoms with Gasteiger partial charge in [0.1, 0.15) is 0 Å². The Labute approximate surface area is 66.2 Å². The van der Waals surface area contributed by atoms with Crippen LogP contribution in [0.5, 0.6) is 0 Å². The van der Waals surface area contributed by atoms with E-state index in [2.05, 4.69) is 6.58 Å². The molecule has 0 aromatic carbocycles. The first-order chi connectivity index (χ1) is 5.22. The summed E-state index contributed by atoms with van der Waals surface area (Å²) in [5.74, 6) is -0.803. The Bertz CT molecular complexity index is 204. The first-order valence-electron chi connectivity index (χ1n) is 3.80. The Morgan fingerprint density at radius 1 is 1.64 bits per heavy atom. The van der Waals surface area contributed by atoms with Gasteiger partial charge < -0.3 is 5.11 Å². The quantitative estimate of drug-likeness (QED) is 0.485. The molecule has 0 heterocycles. The summed E-state index contributed by atoms with van der Waals surface area (Å²) in [5, 5.41) is 8.60. The van der Waals surface area contributed by atoms with Crippen molar-refractivity contribution in [1.29, 1.82) is 0 Å². The minimum absolute atomic E-state index is 0.0706. The third-order valence-electron chi connectivity index (χ3n) is 1.98. The first kappa shape index (κ1) is 8.05. The number of aliphatic carboxylic acids is 1. The van der Waals surface area contributed by atoms with E-state index in [-0.39, 0.29) is 5.92 Å². The first-order valence-corrected chi connectivity index (χ1v) is 3.80. The number of rotatable bonds is 2. The van der Waals surface area contributed by atoms with Crippen molar-refractivity contribution >= 4 is 5.97 Å². The second-order valence-electron chi connectivity index (χ2n) is 2.80. The van der Waals surface area contributed by atoms with Crippen molar-refractivity contribution in [2.45, 2.75) is 19.3 Å². The van der Waals surface area contributed by atoms with Crippen LogP contribution >= 0.6 is 0 Å². The van der Waals surface area contributed by atoms with Crippen LogP contribution in [0.1, 0.15) is 19.3 Å². The maximum absolute atomic E-state index is 10.5. The van der Waals surface area contributed by atoms with Gasteiger partial charge in [-0.3, -0.25) is 0 Å². The van der Waals surface area contributed by atoms with E-state index in [9.17, 15) is 4.79 Å². The summed E-state index contributed by atoms with van der Waals surface area (Å²) in [4.78, 5) is 10.5. The lowest BCUT2D eigenvalue weighted by atomic mass is 9.90. The minimum Gasteiger partial charge on any atom is -0.478 e. The van der Waals surface area contributed by atoms with Crippen LogP contribution < -0.4 is 0 Å². The zero-order chi connectivity index (χ0) is 8.27. The van der Waals surface area contributed by atoms with Crippen molar-refractivity contribution in [1.82, 2.24) is 0 Å². The average Bonchev–Trinajstić information content (AvgIpc) is 2.05. The Hall–Kier alpha value is -1.05. The summed E-state index contributed by atoms with van der Waals surface area (Å²) in [6.07, 6.45) is 7.06. The van der Waals surface area contributed by atoms with Crippen molar-refractivity contribution in [2.75, 3.05) is 0 Å². The summed E-state index contributed by atoms with van der Waals surface area (Å²) in [6, 6.07) is 0. The van der Waals surface area contributed by atoms with Crippen molar-refractivity contribution < 1.29 is 9.90 Å². The molecule has 0 bridgehead atoms. The summed E-state index contributed by atoms with van der Waals surface area (Å²) in [5.41, 5.74) is 0.320. The van der Waals surface area contributed by atoms with Crippen LogP contribution in [0, 0.1) is 5.92 Å². The molecule has 0 aliphatic heterocycles. The zero-order valence-corrected chi connectivity index (χ0v) is 6.42. The molecule has 1 rings (SSSR count). The molecule has 1 aliphatic carbocycles. The van der Waals surface area contributed by atoms with E-state index < -0.39 is 5.97 Å². The van der Waals surface area contributed by atoms with E-state index in [0.29, 0.717) is 5.57 Å². The molecule has 2 nitrogen and oxygen atoms in total. The maximum atomic E-state index is 10.5. The second-order valence-corrected chi connectivity index (χ2v) is 2.80. The predicted octanol–water partition coefficient (Wildman–Crippen LogP) is 1.98.